The summed E-state index contributed by atoms with van der Waals surface area (Å²) < 4.78 is 4.72. The van der Waals surface area contributed by atoms with Gasteiger partial charge in [-0.1, -0.05) is 97.1 Å². The summed E-state index contributed by atoms with van der Waals surface area (Å²) in [5.41, 5.74) is 9.24. The fraction of sp³-hybridized carbons (Fsp3) is 0. The van der Waals surface area contributed by atoms with E-state index in [4.69, 9.17) is 0 Å². The van der Waals surface area contributed by atoms with E-state index >= 15 is 0 Å². The van der Waals surface area contributed by atoms with E-state index in [1.54, 1.807) is 0 Å². The molecule has 0 bridgehead atoms. The van der Waals surface area contributed by atoms with Crippen LogP contribution in [0.25, 0.3) is 54.9 Å². The molecule has 0 aliphatic rings. The Morgan fingerprint density at radius 1 is 0.378 bits per heavy atom. The molecule has 0 atom stereocenters. The molecule has 9 rings (SSSR count). The third-order valence-electron chi connectivity index (χ3n) is 8.89. The molecule has 7 aromatic carbocycles. The SMILES string of the molecule is c1ccc(N(c2cccc(-n3c4ccccc4c4ccc5c(ccn5-c5ccccc5)c43)c2)c2ccc3ccccc3c2)cc1. The van der Waals surface area contributed by atoms with Crippen molar-refractivity contribution < 1.29 is 0 Å². The predicted octanol–water partition coefficient (Wildman–Crippen LogP) is 11.4. The zero-order valence-electron chi connectivity index (χ0n) is 24.6. The summed E-state index contributed by atoms with van der Waals surface area (Å²) in [4.78, 5) is 2.35. The molecule has 0 radical (unpaired) electrons. The lowest BCUT2D eigenvalue weighted by Crippen LogP contribution is -2.10. The van der Waals surface area contributed by atoms with E-state index in [1.165, 1.54) is 43.5 Å². The van der Waals surface area contributed by atoms with Gasteiger partial charge in [0.15, 0.2) is 0 Å². The Balaban J connectivity index is 1.29. The number of nitrogens with zero attached hydrogens (tertiary/aromatic N) is 3. The second-order valence-corrected chi connectivity index (χ2v) is 11.5. The minimum Gasteiger partial charge on any atom is -0.316 e. The molecule has 0 spiro atoms. The van der Waals surface area contributed by atoms with Crippen LogP contribution in [0, 0.1) is 0 Å². The Morgan fingerprint density at radius 2 is 1.07 bits per heavy atom. The number of hydrogen-bond acceptors (Lipinski definition) is 1. The van der Waals surface area contributed by atoms with Crippen molar-refractivity contribution in [2.45, 2.75) is 0 Å². The quantitative estimate of drug-likeness (QED) is 0.199. The van der Waals surface area contributed by atoms with Crippen molar-refractivity contribution in [2.75, 3.05) is 4.90 Å². The van der Waals surface area contributed by atoms with Crippen LogP contribution in [0.5, 0.6) is 0 Å². The van der Waals surface area contributed by atoms with E-state index in [2.05, 4.69) is 190 Å². The Hall–Kier alpha value is -6.06. The minimum absolute atomic E-state index is 1.11. The van der Waals surface area contributed by atoms with Gasteiger partial charge in [0.25, 0.3) is 0 Å². The third-order valence-corrected chi connectivity index (χ3v) is 8.89. The van der Waals surface area contributed by atoms with Crippen molar-refractivity contribution in [3.8, 4) is 11.4 Å². The van der Waals surface area contributed by atoms with Crippen LogP contribution < -0.4 is 4.90 Å². The number of fused-ring (bicyclic) bond motifs is 6. The van der Waals surface area contributed by atoms with Crippen molar-refractivity contribution >= 4 is 60.5 Å². The molecule has 2 aromatic heterocycles. The van der Waals surface area contributed by atoms with Gasteiger partial charge in [-0.15, -0.1) is 0 Å². The van der Waals surface area contributed by atoms with Gasteiger partial charge in [-0.05, 0) is 83.6 Å². The van der Waals surface area contributed by atoms with Crippen LogP contribution in [-0.2, 0) is 0 Å². The first kappa shape index (κ1) is 25.4. The first-order valence-electron chi connectivity index (χ1n) is 15.4. The molecule has 0 N–H and O–H groups in total. The Kier molecular flexibility index (Phi) is 5.82. The maximum Gasteiger partial charge on any atom is 0.0635 e. The number of aromatic nitrogens is 2. The van der Waals surface area contributed by atoms with Gasteiger partial charge in [-0.2, -0.15) is 0 Å². The molecule has 2 heterocycles. The van der Waals surface area contributed by atoms with Crippen LogP contribution in [0.3, 0.4) is 0 Å². The van der Waals surface area contributed by atoms with Crippen LogP contribution in [0.2, 0.25) is 0 Å². The highest BCUT2D eigenvalue weighted by Gasteiger charge is 2.19. The van der Waals surface area contributed by atoms with Gasteiger partial charge in [-0.3, -0.25) is 0 Å². The van der Waals surface area contributed by atoms with Gasteiger partial charge in [0, 0.05) is 50.8 Å². The summed E-state index contributed by atoms with van der Waals surface area (Å²) in [6.45, 7) is 0. The summed E-state index contributed by atoms with van der Waals surface area (Å²) in [6, 6.07) is 61.0. The molecule has 45 heavy (non-hydrogen) atoms. The topological polar surface area (TPSA) is 13.1 Å². The molecule has 9 aromatic rings. The molecule has 0 aliphatic carbocycles. The van der Waals surface area contributed by atoms with E-state index in [1.807, 2.05) is 0 Å². The van der Waals surface area contributed by atoms with E-state index in [-0.39, 0.29) is 0 Å². The zero-order valence-corrected chi connectivity index (χ0v) is 24.6. The molecule has 0 saturated carbocycles. The second kappa shape index (κ2) is 10.3. The Morgan fingerprint density at radius 3 is 1.93 bits per heavy atom. The molecule has 0 amide bonds. The molecule has 3 heteroatoms. The van der Waals surface area contributed by atoms with Gasteiger partial charge >= 0.3 is 0 Å². The first-order chi connectivity index (χ1) is 22.3. The van der Waals surface area contributed by atoms with Crippen LogP contribution in [0.4, 0.5) is 17.1 Å². The standard InChI is InChI=1S/C42H29N3/c1-3-14-32(15-4-1)43-27-26-39-40(43)25-24-38-37-20-9-10-21-41(37)45(42(38)39)35-19-11-18-34(29-35)44(33-16-5-2-6-17-33)36-23-22-30-12-7-8-13-31(30)28-36/h1-29H. The molecular formula is C42H29N3. The van der Waals surface area contributed by atoms with Crippen LogP contribution in [-0.4, -0.2) is 9.13 Å². The number of rotatable bonds is 5. The van der Waals surface area contributed by atoms with Gasteiger partial charge in [0.1, 0.15) is 0 Å². The number of hydrogen-bond donors (Lipinski definition) is 0. The minimum atomic E-state index is 1.11. The van der Waals surface area contributed by atoms with Gasteiger partial charge in [-0.25, -0.2) is 0 Å². The van der Waals surface area contributed by atoms with E-state index in [0.29, 0.717) is 0 Å². The van der Waals surface area contributed by atoms with Crippen molar-refractivity contribution in [2.24, 2.45) is 0 Å². The maximum atomic E-state index is 2.44. The average Bonchev–Trinajstić information content (AvgIpc) is 3.69. The molecule has 0 aliphatic heterocycles. The molecule has 0 unspecified atom stereocenters. The van der Waals surface area contributed by atoms with Gasteiger partial charge < -0.3 is 14.0 Å². The lowest BCUT2D eigenvalue weighted by Gasteiger charge is -2.26. The van der Waals surface area contributed by atoms with Crippen LogP contribution >= 0.6 is 0 Å². The zero-order chi connectivity index (χ0) is 29.7. The number of para-hydroxylation sites is 3. The lowest BCUT2D eigenvalue weighted by molar-refractivity contribution is 1.13. The number of anilines is 3. The average molecular weight is 576 g/mol. The van der Waals surface area contributed by atoms with Gasteiger partial charge in [0.2, 0.25) is 0 Å². The van der Waals surface area contributed by atoms with Crippen molar-refractivity contribution in [1.82, 2.24) is 9.13 Å². The summed E-state index contributed by atoms with van der Waals surface area (Å²) in [5.74, 6) is 0. The molecule has 0 saturated heterocycles. The molecule has 212 valence electrons. The van der Waals surface area contributed by atoms with Crippen LogP contribution in [0.1, 0.15) is 0 Å². The molecular weight excluding hydrogens is 546 g/mol. The highest BCUT2D eigenvalue weighted by atomic mass is 15.1. The highest BCUT2D eigenvalue weighted by Crippen LogP contribution is 2.40. The second-order valence-electron chi connectivity index (χ2n) is 11.5. The van der Waals surface area contributed by atoms with E-state index in [9.17, 15) is 0 Å². The van der Waals surface area contributed by atoms with Crippen molar-refractivity contribution in [1.29, 1.82) is 0 Å². The molecule has 0 fully saturated rings. The van der Waals surface area contributed by atoms with Crippen molar-refractivity contribution in [3.63, 3.8) is 0 Å². The highest BCUT2D eigenvalue weighted by molar-refractivity contribution is 6.18. The largest absolute Gasteiger partial charge is 0.316 e. The van der Waals surface area contributed by atoms with Crippen molar-refractivity contribution in [3.05, 3.63) is 176 Å². The lowest BCUT2D eigenvalue weighted by atomic mass is 10.1. The fourth-order valence-corrected chi connectivity index (χ4v) is 6.87. The summed E-state index contributed by atoms with van der Waals surface area (Å²) in [5, 5.41) is 6.19. The monoisotopic (exact) mass is 575 g/mol. The first-order valence-corrected chi connectivity index (χ1v) is 15.4. The third kappa shape index (κ3) is 4.13. The summed E-state index contributed by atoms with van der Waals surface area (Å²) in [6.07, 6.45) is 2.19. The van der Waals surface area contributed by atoms with E-state index in [0.717, 1.165) is 28.4 Å². The normalized spacial score (nSPS) is 11.6. The summed E-state index contributed by atoms with van der Waals surface area (Å²) >= 11 is 0. The summed E-state index contributed by atoms with van der Waals surface area (Å²) in [7, 11) is 0. The van der Waals surface area contributed by atoms with Crippen LogP contribution in [0.15, 0.2) is 176 Å². The smallest absolute Gasteiger partial charge is 0.0635 e. The van der Waals surface area contributed by atoms with E-state index < -0.39 is 0 Å². The Bertz CT molecular complexity index is 2490. The maximum absolute atomic E-state index is 2.44. The Labute approximate surface area is 261 Å². The van der Waals surface area contributed by atoms with Gasteiger partial charge in [0.05, 0.1) is 16.6 Å². The molecule has 3 nitrogen and oxygen atoms in total. The number of benzene rings is 7. The predicted molar refractivity (Wildman–Crippen MR) is 190 cm³/mol. The fourth-order valence-electron chi connectivity index (χ4n) is 6.87.